The van der Waals surface area contributed by atoms with Crippen molar-refractivity contribution < 1.29 is 19.4 Å². The van der Waals surface area contributed by atoms with Crippen molar-refractivity contribution in [2.24, 2.45) is 11.8 Å². The smallest absolute Gasteiger partial charge is 0.142 e. The Morgan fingerprint density at radius 3 is 2.78 bits per heavy atom. The van der Waals surface area contributed by atoms with Gasteiger partial charge in [-0.15, -0.1) is 0 Å². The van der Waals surface area contributed by atoms with Gasteiger partial charge in [0, 0.05) is 0 Å². The number of benzene rings is 1. The summed E-state index contributed by atoms with van der Waals surface area (Å²) in [6, 6.07) is 7.87. The lowest BCUT2D eigenvalue weighted by Crippen LogP contribution is -2.26. The highest BCUT2D eigenvalue weighted by Gasteiger charge is 2.32. The molecule has 1 aliphatic rings. The zero-order valence-electron chi connectivity index (χ0n) is 13.7. The predicted molar refractivity (Wildman–Crippen MR) is 89.3 cm³/mol. The molecule has 0 saturated heterocycles. The zero-order valence-corrected chi connectivity index (χ0v) is 13.7. The molecule has 3 atom stereocenters. The first kappa shape index (κ1) is 17.7. The van der Waals surface area contributed by atoms with Gasteiger partial charge >= 0.3 is 0 Å². The third kappa shape index (κ3) is 5.48. The normalized spacial score (nSPS) is 22.3. The van der Waals surface area contributed by atoms with Crippen LogP contribution in [-0.2, 0) is 16.1 Å². The summed E-state index contributed by atoms with van der Waals surface area (Å²) in [5.74, 6) is 1.51. The van der Waals surface area contributed by atoms with Crippen molar-refractivity contribution in [2.75, 3.05) is 13.7 Å². The lowest BCUT2D eigenvalue weighted by Gasteiger charge is -2.24. The molecule has 0 heterocycles. The number of allylic oxidation sites excluding steroid dienone is 1. The molecule has 126 valence electrons. The van der Waals surface area contributed by atoms with Gasteiger partial charge in [-0.2, -0.15) is 0 Å². The van der Waals surface area contributed by atoms with Crippen LogP contribution in [0.25, 0.3) is 0 Å². The highest BCUT2D eigenvalue weighted by atomic mass is 16.5. The van der Waals surface area contributed by atoms with Crippen molar-refractivity contribution in [3.63, 3.8) is 0 Å². The Balaban J connectivity index is 1.76. The minimum atomic E-state index is -0.386. The summed E-state index contributed by atoms with van der Waals surface area (Å²) in [6.45, 7) is 1.25. The summed E-state index contributed by atoms with van der Waals surface area (Å²) in [7, 11) is 1.65. The monoisotopic (exact) mass is 318 g/mol. The standard InChI is InChI=1S/C19H26O4/c1-22-17-10-8-15(9-11-17)13-23-14-16-5-4-6-18(16)19(21)7-2-3-12-20/h2-3,8-12,16,18-19,21H,4-7,13-14H2,1H3/b3-2+/t16-,18+,19-/m0/s1. The maximum absolute atomic E-state index is 10.3. The van der Waals surface area contributed by atoms with Crippen molar-refractivity contribution in [2.45, 2.75) is 38.4 Å². The second-order valence-corrected chi connectivity index (χ2v) is 6.09. The van der Waals surface area contributed by atoms with Gasteiger partial charge in [-0.1, -0.05) is 24.6 Å². The average molecular weight is 318 g/mol. The van der Waals surface area contributed by atoms with Gasteiger partial charge in [-0.05, 0) is 54.9 Å². The number of aliphatic hydroxyl groups excluding tert-OH is 1. The Kier molecular flexibility index (Phi) is 7.30. The molecule has 23 heavy (non-hydrogen) atoms. The molecule has 0 unspecified atom stereocenters. The summed E-state index contributed by atoms with van der Waals surface area (Å²) >= 11 is 0. The van der Waals surface area contributed by atoms with Crippen LogP contribution >= 0.6 is 0 Å². The Hall–Kier alpha value is -1.65. The lowest BCUT2D eigenvalue weighted by molar-refractivity contribution is -0.104. The van der Waals surface area contributed by atoms with E-state index in [2.05, 4.69) is 0 Å². The molecule has 0 bridgehead atoms. The molecule has 1 N–H and O–H groups in total. The van der Waals surface area contributed by atoms with Gasteiger partial charge in [-0.25, -0.2) is 0 Å². The van der Waals surface area contributed by atoms with E-state index in [9.17, 15) is 9.90 Å². The first-order chi connectivity index (χ1) is 11.2. The minimum Gasteiger partial charge on any atom is -0.497 e. The van der Waals surface area contributed by atoms with E-state index in [-0.39, 0.29) is 12.0 Å². The van der Waals surface area contributed by atoms with Gasteiger partial charge in [-0.3, -0.25) is 4.79 Å². The fourth-order valence-electron chi connectivity index (χ4n) is 3.28. The largest absolute Gasteiger partial charge is 0.497 e. The molecule has 0 radical (unpaired) electrons. The summed E-state index contributed by atoms with van der Waals surface area (Å²) in [6.07, 6.45) is 7.36. The Labute approximate surface area is 138 Å². The van der Waals surface area contributed by atoms with E-state index in [1.165, 1.54) is 6.08 Å². The number of carbonyl (C=O) groups excluding carboxylic acids is 1. The molecular formula is C19H26O4. The number of methoxy groups -OCH3 is 1. The number of ether oxygens (including phenoxy) is 2. The lowest BCUT2D eigenvalue weighted by atomic mass is 9.89. The number of hydrogen-bond acceptors (Lipinski definition) is 4. The SMILES string of the molecule is COc1ccc(COC[C@@H]2CCC[C@H]2[C@@H](O)C/C=C/C=O)cc1. The molecule has 2 rings (SSSR count). The molecular weight excluding hydrogens is 292 g/mol. The van der Waals surface area contributed by atoms with Gasteiger partial charge in [0.1, 0.15) is 12.0 Å². The van der Waals surface area contributed by atoms with E-state index in [4.69, 9.17) is 9.47 Å². The van der Waals surface area contributed by atoms with Gasteiger partial charge in [0.05, 0.1) is 26.4 Å². The van der Waals surface area contributed by atoms with Crippen LogP contribution in [0.1, 0.15) is 31.2 Å². The first-order valence-electron chi connectivity index (χ1n) is 8.23. The highest BCUT2D eigenvalue weighted by Crippen LogP contribution is 2.35. The van der Waals surface area contributed by atoms with Crippen LogP contribution in [0.5, 0.6) is 5.75 Å². The Morgan fingerprint density at radius 2 is 2.09 bits per heavy atom. The molecule has 0 spiro atoms. The molecule has 4 nitrogen and oxygen atoms in total. The Morgan fingerprint density at radius 1 is 1.30 bits per heavy atom. The van der Waals surface area contributed by atoms with E-state index in [1.54, 1.807) is 13.2 Å². The summed E-state index contributed by atoms with van der Waals surface area (Å²) in [5.41, 5.74) is 1.12. The molecule has 0 amide bonds. The zero-order chi connectivity index (χ0) is 16.5. The molecule has 1 aromatic carbocycles. The second-order valence-electron chi connectivity index (χ2n) is 6.09. The number of aliphatic hydroxyl groups is 1. The van der Waals surface area contributed by atoms with Crippen LogP contribution in [0.2, 0.25) is 0 Å². The highest BCUT2D eigenvalue weighted by molar-refractivity contribution is 5.64. The van der Waals surface area contributed by atoms with E-state index in [0.29, 0.717) is 25.6 Å². The third-order valence-corrected chi connectivity index (χ3v) is 4.56. The van der Waals surface area contributed by atoms with E-state index in [1.807, 2.05) is 24.3 Å². The summed E-state index contributed by atoms with van der Waals surface area (Å²) in [5, 5.41) is 10.3. The first-order valence-corrected chi connectivity index (χ1v) is 8.23. The van der Waals surface area contributed by atoms with Gasteiger partial charge in [0.15, 0.2) is 0 Å². The van der Waals surface area contributed by atoms with Crippen molar-refractivity contribution in [3.05, 3.63) is 42.0 Å². The van der Waals surface area contributed by atoms with Gasteiger partial charge in [0.2, 0.25) is 0 Å². The molecule has 0 aromatic heterocycles. The molecule has 1 fully saturated rings. The summed E-state index contributed by atoms with van der Waals surface area (Å²) in [4.78, 5) is 10.3. The fraction of sp³-hybridized carbons (Fsp3) is 0.526. The number of carbonyl (C=O) groups is 1. The van der Waals surface area contributed by atoms with E-state index >= 15 is 0 Å². The summed E-state index contributed by atoms with van der Waals surface area (Å²) < 4.78 is 11.0. The molecule has 0 aliphatic heterocycles. The number of rotatable bonds is 9. The van der Waals surface area contributed by atoms with Crippen LogP contribution in [0.15, 0.2) is 36.4 Å². The van der Waals surface area contributed by atoms with E-state index < -0.39 is 0 Å². The molecule has 1 aliphatic carbocycles. The molecule has 4 heteroatoms. The van der Waals surface area contributed by atoms with E-state index in [0.717, 1.165) is 36.9 Å². The van der Waals surface area contributed by atoms with Crippen molar-refractivity contribution >= 4 is 6.29 Å². The van der Waals surface area contributed by atoms with Crippen molar-refractivity contribution in [3.8, 4) is 5.75 Å². The van der Waals surface area contributed by atoms with Gasteiger partial charge in [0.25, 0.3) is 0 Å². The van der Waals surface area contributed by atoms with Crippen molar-refractivity contribution in [1.82, 2.24) is 0 Å². The topological polar surface area (TPSA) is 55.8 Å². The van der Waals surface area contributed by atoms with Crippen LogP contribution in [0.3, 0.4) is 0 Å². The average Bonchev–Trinajstić information content (AvgIpc) is 3.04. The van der Waals surface area contributed by atoms with Crippen molar-refractivity contribution in [1.29, 1.82) is 0 Å². The Bertz CT molecular complexity index is 495. The van der Waals surface area contributed by atoms with Gasteiger partial charge < -0.3 is 14.6 Å². The van der Waals surface area contributed by atoms with Crippen LogP contribution in [0, 0.1) is 11.8 Å². The maximum Gasteiger partial charge on any atom is 0.142 e. The number of aldehydes is 1. The maximum atomic E-state index is 10.3. The third-order valence-electron chi connectivity index (χ3n) is 4.56. The van der Waals surface area contributed by atoms with Crippen LogP contribution in [0.4, 0.5) is 0 Å². The fourth-order valence-corrected chi connectivity index (χ4v) is 3.28. The number of hydrogen-bond donors (Lipinski definition) is 1. The minimum absolute atomic E-state index is 0.266. The second kappa shape index (κ2) is 9.48. The van der Waals surface area contributed by atoms with Crippen LogP contribution < -0.4 is 4.74 Å². The quantitative estimate of drug-likeness (QED) is 0.561. The predicted octanol–water partition coefficient (Wildman–Crippen LogP) is 3.13. The van der Waals surface area contributed by atoms with Crippen LogP contribution in [-0.4, -0.2) is 31.2 Å². The molecule has 1 saturated carbocycles. The molecule has 1 aromatic rings.